The highest BCUT2D eigenvalue weighted by Gasteiger charge is 2.27. The summed E-state index contributed by atoms with van der Waals surface area (Å²) in [5.74, 6) is 0. The third-order valence-electron chi connectivity index (χ3n) is 3.00. The Balaban J connectivity index is 1.93. The van der Waals surface area contributed by atoms with Gasteiger partial charge in [0.05, 0.1) is 12.6 Å². The summed E-state index contributed by atoms with van der Waals surface area (Å²) in [4.78, 5) is 0. The van der Waals surface area contributed by atoms with Crippen molar-refractivity contribution in [3.8, 4) is 0 Å². The molecule has 1 aliphatic carbocycles. The number of nitrogens with two attached hydrogens (primary N) is 1. The molecule has 0 aromatic heterocycles. The fourth-order valence-electron chi connectivity index (χ4n) is 2.02. The highest BCUT2D eigenvalue weighted by Crippen LogP contribution is 2.22. The normalized spacial score (nSPS) is 27.1. The van der Waals surface area contributed by atoms with Crippen molar-refractivity contribution in [3.63, 3.8) is 0 Å². The topological polar surface area (TPSA) is 58.3 Å². The molecule has 1 aromatic rings. The third kappa shape index (κ3) is 2.56. The molecule has 1 aliphatic rings. The van der Waals surface area contributed by atoms with Crippen LogP contribution in [0.25, 0.3) is 0 Å². The van der Waals surface area contributed by atoms with Gasteiger partial charge in [0.2, 0.25) is 0 Å². The Morgan fingerprint density at radius 2 is 2.00 bits per heavy atom. The average molecular weight is 206 g/mol. The lowest BCUT2D eigenvalue weighted by Crippen LogP contribution is -2.50. The van der Waals surface area contributed by atoms with E-state index in [9.17, 15) is 5.11 Å². The van der Waals surface area contributed by atoms with Crippen LogP contribution in [0.4, 0.5) is 0 Å². The minimum absolute atomic E-state index is 0.0451. The van der Waals surface area contributed by atoms with Crippen LogP contribution in [0.3, 0.4) is 0 Å². The monoisotopic (exact) mass is 206 g/mol. The first-order valence-corrected chi connectivity index (χ1v) is 5.47. The fourth-order valence-corrected chi connectivity index (χ4v) is 2.02. The second-order valence-electron chi connectivity index (χ2n) is 4.24. The molecule has 1 aromatic carbocycles. The lowest BCUT2D eigenvalue weighted by Gasteiger charge is -2.36. The van der Waals surface area contributed by atoms with E-state index < -0.39 is 0 Å². The summed E-state index contributed by atoms with van der Waals surface area (Å²) in [6.45, 7) is 0.135. The van der Waals surface area contributed by atoms with E-state index in [1.54, 1.807) is 0 Å². The maximum atomic E-state index is 9.32. The molecule has 3 nitrogen and oxygen atoms in total. The zero-order valence-corrected chi connectivity index (χ0v) is 8.76. The lowest BCUT2D eigenvalue weighted by atomic mass is 9.86. The van der Waals surface area contributed by atoms with Crippen molar-refractivity contribution in [1.29, 1.82) is 0 Å². The van der Waals surface area contributed by atoms with Crippen molar-refractivity contribution >= 4 is 0 Å². The molecule has 0 aliphatic heterocycles. The summed E-state index contributed by atoms with van der Waals surface area (Å²) < 4.78 is 0. The van der Waals surface area contributed by atoms with Gasteiger partial charge in [-0.2, -0.15) is 0 Å². The smallest absolute Gasteiger partial charge is 0.0626 e. The first-order valence-electron chi connectivity index (χ1n) is 5.47. The van der Waals surface area contributed by atoms with Crippen LogP contribution >= 0.6 is 0 Å². The number of aliphatic hydroxyl groups excluding tert-OH is 1. The van der Waals surface area contributed by atoms with Gasteiger partial charge >= 0.3 is 0 Å². The van der Waals surface area contributed by atoms with E-state index in [-0.39, 0.29) is 12.6 Å². The number of benzene rings is 1. The number of rotatable bonds is 4. The molecule has 2 rings (SSSR count). The van der Waals surface area contributed by atoms with E-state index in [1.165, 1.54) is 0 Å². The quantitative estimate of drug-likeness (QED) is 0.683. The molecule has 0 amide bonds. The summed E-state index contributed by atoms with van der Waals surface area (Å²) in [6.07, 6.45) is 2.03. The van der Waals surface area contributed by atoms with Crippen molar-refractivity contribution in [1.82, 2.24) is 5.32 Å². The molecule has 0 heterocycles. The predicted molar refractivity (Wildman–Crippen MR) is 60.4 cm³/mol. The highest BCUT2D eigenvalue weighted by atomic mass is 16.3. The van der Waals surface area contributed by atoms with Gasteiger partial charge in [-0.15, -0.1) is 0 Å². The molecular weight excluding hydrogens is 188 g/mol. The maximum Gasteiger partial charge on any atom is 0.0626 e. The van der Waals surface area contributed by atoms with Crippen LogP contribution < -0.4 is 11.1 Å². The standard InChI is InChI=1S/C12H18N2O/c13-10-6-11(7-10)14-12(8-15)9-4-2-1-3-5-9/h1-5,10-12,14-15H,6-8,13H2/t10?,11?,12-/m1/s1. The molecule has 0 saturated heterocycles. The zero-order chi connectivity index (χ0) is 10.7. The first kappa shape index (κ1) is 10.6. The van der Waals surface area contributed by atoms with Gasteiger partial charge in [-0.05, 0) is 18.4 Å². The summed E-state index contributed by atoms with van der Waals surface area (Å²) >= 11 is 0. The van der Waals surface area contributed by atoms with E-state index in [1.807, 2.05) is 30.3 Å². The van der Waals surface area contributed by atoms with Crippen LogP contribution in [-0.2, 0) is 0 Å². The largest absolute Gasteiger partial charge is 0.394 e. The van der Waals surface area contributed by atoms with Gasteiger partial charge in [0.15, 0.2) is 0 Å². The molecule has 0 radical (unpaired) electrons. The molecule has 1 saturated carbocycles. The van der Waals surface area contributed by atoms with Crippen molar-refractivity contribution < 1.29 is 5.11 Å². The second kappa shape index (κ2) is 4.75. The van der Waals surface area contributed by atoms with Crippen molar-refractivity contribution in [2.45, 2.75) is 31.0 Å². The summed E-state index contributed by atoms with van der Waals surface area (Å²) in [5, 5.41) is 12.7. The molecule has 0 unspecified atom stereocenters. The summed E-state index contributed by atoms with van der Waals surface area (Å²) in [5.41, 5.74) is 6.86. The minimum Gasteiger partial charge on any atom is -0.394 e. The Morgan fingerprint density at radius 3 is 2.53 bits per heavy atom. The lowest BCUT2D eigenvalue weighted by molar-refractivity contribution is 0.198. The van der Waals surface area contributed by atoms with E-state index in [0.29, 0.717) is 12.1 Å². The molecule has 82 valence electrons. The number of hydrogen-bond donors (Lipinski definition) is 3. The third-order valence-corrected chi connectivity index (χ3v) is 3.00. The maximum absolute atomic E-state index is 9.32. The van der Waals surface area contributed by atoms with Gasteiger partial charge in [-0.3, -0.25) is 0 Å². The fraction of sp³-hybridized carbons (Fsp3) is 0.500. The molecule has 0 spiro atoms. The molecule has 15 heavy (non-hydrogen) atoms. The first-order chi connectivity index (χ1) is 7.29. The summed E-state index contributed by atoms with van der Waals surface area (Å²) in [6, 6.07) is 10.9. The average Bonchev–Trinajstić information content (AvgIpc) is 2.24. The number of hydrogen-bond acceptors (Lipinski definition) is 3. The molecule has 4 N–H and O–H groups in total. The van der Waals surface area contributed by atoms with Gasteiger partial charge < -0.3 is 16.2 Å². The van der Waals surface area contributed by atoms with Crippen LogP contribution in [0.2, 0.25) is 0 Å². The Bertz CT molecular complexity index is 296. The Kier molecular flexibility index (Phi) is 3.36. The van der Waals surface area contributed by atoms with Gasteiger partial charge in [0.25, 0.3) is 0 Å². The minimum atomic E-state index is 0.0451. The molecule has 0 bridgehead atoms. The molecular formula is C12H18N2O. The summed E-state index contributed by atoms with van der Waals surface area (Å²) in [7, 11) is 0. The molecule has 1 atom stereocenters. The van der Waals surface area contributed by atoms with Crippen LogP contribution in [0.1, 0.15) is 24.4 Å². The van der Waals surface area contributed by atoms with Gasteiger partial charge in [0, 0.05) is 12.1 Å². The Labute approximate surface area is 90.3 Å². The number of nitrogens with one attached hydrogen (secondary N) is 1. The highest BCUT2D eigenvalue weighted by molar-refractivity contribution is 5.19. The van der Waals surface area contributed by atoms with Gasteiger partial charge in [-0.1, -0.05) is 30.3 Å². The Morgan fingerprint density at radius 1 is 1.33 bits per heavy atom. The number of aliphatic hydroxyl groups is 1. The van der Waals surface area contributed by atoms with Crippen LogP contribution in [0, 0.1) is 0 Å². The van der Waals surface area contributed by atoms with Crippen molar-refractivity contribution in [2.75, 3.05) is 6.61 Å². The SMILES string of the molecule is NC1CC(N[C@H](CO)c2ccccc2)C1. The van der Waals surface area contributed by atoms with Crippen LogP contribution in [-0.4, -0.2) is 23.8 Å². The van der Waals surface area contributed by atoms with Gasteiger partial charge in [-0.25, -0.2) is 0 Å². The van der Waals surface area contributed by atoms with Crippen LogP contribution in [0.5, 0.6) is 0 Å². The zero-order valence-electron chi connectivity index (χ0n) is 8.76. The van der Waals surface area contributed by atoms with E-state index in [4.69, 9.17) is 5.73 Å². The van der Waals surface area contributed by atoms with E-state index in [2.05, 4.69) is 5.32 Å². The molecule has 3 heteroatoms. The van der Waals surface area contributed by atoms with Crippen molar-refractivity contribution in [2.24, 2.45) is 5.73 Å². The van der Waals surface area contributed by atoms with Crippen molar-refractivity contribution in [3.05, 3.63) is 35.9 Å². The molecule has 1 fully saturated rings. The second-order valence-corrected chi connectivity index (χ2v) is 4.24. The Hall–Kier alpha value is -0.900. The van der Waals surface area contributed by atoms with Gasteiger partial charge in [0.1, 0.15) is 0 Å². The van der Waals surface area contributed by atoms with Crippen LogP contribution in [0.15, 0.2) is 30.3 Å². The van der Waals surface area contributed by atoms with E-state index in [0.717, 1.165) is 18.4 Å². The predicted octanol–water partition coefficient (Wildman–Crippen LogP) is 0.799. The van der Waals surface area contributed by atoms with E-state index >= 15 is 0 Å².